The summed E-state index contributed by atoms with van der Waals surface area (Å²) >= 11 is 5.84. The number of rotatable bonds is 6. The van der Waals surface area contributed by atoms with Gasteiger partial charge in [0.15, 0.2) is 5.82 Å². The Morgan fingerprint density at radius 1 is 1.32 bits per heavy atom. The van der Waals surface area contributed by atoms with E-state index in [1.807, 2.05) is 6.92 Å². The topological polar surface area (TPSA) is 35.0 Å². The Labute approximate surface area is 113 Å². The normalized spacial score (nSPS) is 12.2. The zero-order valence-corrected chi connectivity index (χ0v) is 11.1. The second kappa shape index (κ2) is 6.47. The van der Waals surface area contributed by atoms with Gasteiger partial charge in [-0.25, -0.2) is 18.7 Å². The van der Waals surface area contributed by atoms with Crippen LogP contribution in [0.25, 0.3) is 0 Å². The van der Waals surface area contributed by atoms with Gasteiger partial charge in [0, 0.05) is 11.3 Å². The Balaban J connectivity index is 2.67. The third-order valence-corrected chi connectivity index (χ3v) is 2.78. The van der Waals surface area contributed by atoms with E-state index in [0.29, 0.717) is 17.7 Å². The molecule has 8 heteroatoms. The van der Waals surface area contributed by atoms with Crippen molar-refractivity contribution in [1.82, 2.24) is 9.97 Å². The Morgan fingerprint density at radius 3 is 2.47 bits per heavy atom. The van der Waals surface area contributed by atoms with Gasteiger partial charge in [-0.1, -0.05) is 18.5 Å². The standard InChI is InChI=1S/C11H13ClF4N2O/c1-3-7-6(2)9(12)18-8(17-7)4-19-5-11(15,16)10(13)14/h10H,3-5H2,1-2H3. The van der Waals surface area contributed by atoms with Crippen LogP contribution in [-0.4, -0.2) is 28.9 Å². The fraction of sp³-hybridized carbons (Fsp3) is 0.636. The van der Waals surface area contributed by atoms with E-state index in [1.165, 1.54) is 0 Å². The fourth-order valence-electron chi connectivity index (χ4n) is 1.33. The predicted molar refractivity (Wildman–Crippen MR) is 61.8 cm³/mol. The lowest BCUT2D eigenvalue weighted by molar-refractivity contribution is -0.168. The number of aromatic nitrogens is 2. The fourth-order valence-corrected chi connectivity index (χ4v) is 1.54. The van der Waals surface area contributed by atoms with Crippen LogP contribution in [0.1, 0.15) is 24.0 Å². The lowest BCUT2D eigenvalue weighted by Crippen LogP contribution is -2.32. The lowest BCUT2D eigenvalue weighted by atomic mass is 10.2. The molecular weight excluding hydrogens is 288 g/mol. The first-order chi connectivity index (χ1) is 8.77. The van der Waals surface area contributed by atoms with Gasteiger partial charge in [-0.15, -0.1) is 0 Å². The molecule has 0 saturated carbocycles. The quantitative estimate of drug-likeness (QED) is 0.596. The van der Waals surface area contributed by atoms with Gasteiger partial charge in [-0.3, -0.25) is 0 Å². The van der Waals surface area contributed by atoms with E-state index in [4.69, 9.17) is 11.6 Å². The van der Waals surface area contributed by atoms with Crippen molar-refractivity contribution in [2.45, 2.75) is 39.2 Å². The molecule has 0 unspecified atom stereocenters. The molecule has 0 saturated heterocycles. The number of aryl methyl sites for hydroxylation is 1. The van der Waals surface area contributed by atoms with Crippen molar-refractivity contribution in [3.63, 3.8) is 0 Å². The number of ether oxygens (including phenoxy) is 1. The summed E-state index contributed by atoms with van der Waals surface area (Å²) in [7, 11) is 0. The smallest absolute Gasteiger partial charge is 0.330 e. The average molecular weight is 301 g/mol. The van der Waals surface area contributed by atoms with Gasteiger partial charge in [-0.05, 0) is 13.3 Å². The molecule has 3 nitrogen and oxygen atoms in total. The van der Waals surface area contributed by atoms with Gasteiger partial charge in [0.05, 0.1) is 0 Å². The van der Waals surface area contributed by atoms with E-state index in [2.05, 4.69) is 14.7 Å². The van der Waals surface area contributed by atoms with Crippen molar-refractivity contribution < 1.29 is 22.3 Å². The first-order valence-electron chi connectivity index (χ1n) is 5.53. The van der Waals surface area contributed by atoms with Crippen molar-refractivity contribution >= 4 is 11.6 Å². The number of halogens is 5. The van der Waals surface area contributed by atoms with Crippen LogP contribution < -0.4 is 0 Å². The summed E-state index contributed by atoms with van der Waals surface area (Å²) in [4.78, 5) is 7.91. The minimum absolute atomic E-state index is 0.0949. The minimum Gasteiger partial charge on any atom is -0.367 e. The van der Waals surface area contributed by atoms with Gasteiger partial charge >= 0.3 is 12.3 Å². The monoisotopic (exact) mass is 300 g/mol. The van der Waals surface area contributed by atoms with Crippen molar-refractivity contribution in [3.8, 4) is 0 Å². The Hall–Kier alpha value is -0.950. The van der Waals surface area contributed by atoms with Crippen LogP contribution in [0.5, 0.6) is 0 Å². The largest absolute Gasteiger partial charge is 0.367 e. The van der Waals surface area contributed by atoms with Gasteiger partial charge in [0.2, 0.25) is 0 Å². The zero-order valence-electron chi connectivity index (χ0n) is 10.4. The third kappa shape index (κ3) is 4.28. The molecule has 0 radical (unpaired) electrons. The second-order valence-corrected chi connectivity index (χ2v) is 4.27. The SMILES string of the molecule is CCc1nc(COCC(F)(F)C(F)F)nc(Cl)c1C. The van der Waals surface area contributed by atoms with Crippen LogP contribution >= 0.6 is 11.6 Å². The van der Waals surface area contributed by atoms with Gasteiger partial charge < -0.3 is 4.74 Å². The van der Waals surface area contributed by atoms with E-state index in [1.54, 1.807) is 6.92 Å². The maximum Gasteiger partial charge on any atom is 0.330 e. The highest BCUT2D eigenvalue weighted by Crippen LogP contribution is 2.23. The number of hydrogen-bond acceptors (Lipinski definition) is 3. The molecule has 0 fully saturated rings. The molecule has 0 spiro atoms. The summed E-state index contributed by atoms with van der Waals surface area (Å²) in [5.41, 5.74) is 1.37. The highest BCUT2D eigenvalue weighted by atomic mass is 35.5. The van der Waals surface area contributed by atoms with Gasteiger partial charge in [0.25, 0.3) is 0 Å². The van der Waals surface area contributed by atoms with Gasteiger partial charge in [0.1, 0.15) is 18.4 Å². The van der Waals surface area contributed by atoms with E-state index >= 15 is 0 Å². The number of alkyl halides is 4. The van der Waals surface area contributed by atoms with Crippen LogP contribution in [0.3, 0.4) is 0 Å². The van der Waals surface area contributed by atoms with Crippen molar-refractivity contribution in [1.29, 1.82) is 0 Å². The predicted octanol–water partition coefficient (Wildman–Crippen LogP) is 3.42. The van der Waals surface area contributed by atoms with Crippen LogP contribution in [0.15, 0.2) is 0 Å². The Morgan fingerprint density at radius 2 is 1.95 bits per heavy atom. The van der Waals surface area contributed by atoms with Crippen molar-refractivity contribution in [2.24, 2.45) is 0 Å². The highest BCUT2D eigenvalue weighted by molar-refractivity contribution is 6.30. The third-order valence-electron chi connectivity index (χ3n) is 2.41. The average Bonchev–Trinajstić information content (AvgIpc) is 2.33. The molecule has 0 amide bonds. The second-order valence-electron chi connectivity index (χ2n) is 3.91. The maximum absolute atomic E-state index is 12.6. The van der Waals surface area contributed by atoms with Gasteiger partial charge in [-0.2, -0.15) is 8.78 Å². The molecule has 19 heavy (non-hydrogen) atoms. The lowest BCUT2D eigenvalue weighted by Gasteiger charge is -2.15. The Kier molecular flexibility index (Phi) is 5.49. The molecule has 108 valence electrons. The van der Waals surface area contributed by atoms with E-state index < -0.39 is 25.6 Å². The summed E-state index contributed by atoms with van der Waals surface area (Å²) in [6.45, 7) is 1.80. The van der Waals surface area contributed by atoms with E-state index in [0.717, 1.165) is 0 Å². The summed E-state index contributed by atoms with van der Waals surface area (Å²) in [6, 6.07) is 0. The maximum atomic E-state index is 12.6. The summed E-state index contributed by atoms with van der Waals surface area (Å²) in [5.74, 6) is -4.08. The molecule has 1 aromatic rings. The van der Waals surface area contributed by atoms with Crippen LogP contribution in [0.2, 0.25) is 5.15 Å². The molecule has 0 aliphatic carbocycles. The zero-order chi connectivity index (χ0) is 14.6. The minimum atomic E-state index is -4.18. The molecule has 1 aromatic heterocycles. The molecule has 0 aliphatic rings. The molecule has 0 atom stereocenters. The summed E-state index contributed by atoms with van der Waals surface area (Å²) in [6.07, 6.45) is -3.17. The first kappa shape index (κ1) is 16.1. The number of hydrogen-bond donors (Lipinski definition) is 0. The van der Waals surface area contributed by atoms with Crippen molar-refractivity contribution in [2.75, 3.05) is 6.61 Å². The van der Waals surface area contributed by atoms with Crippen LogP contribution in [0, 0.1) is 6.92 Å². The molecule has 0 bridgehead atoms. The van der Waals surface area contributed by atoms with E-state index in [-0.39, 0.29) is 11.0 Å². The van der Waals surface area contributed by atoms with Crippen molar-refractivity contribution in [3.05, 3.63) is 22.2 Å². The molecule has 1 rings (SSSR count). The first-order valence-corrected chi connectivity index (χ1v) is 5.91. The van der Waals surface area contributed by atoms with E-state index in [9.17, 15) is 17.6 Å². The summed E-state index contributed by atoms with van der Waals surface area (Å²) < 4.78 is 53.5. The Bertz CT molecular complexity index is 443. The van der Waals surface area contributed by atoms with Crippen LogP contribution in [0.4, 0.5) is 17.6 Å². The van der Waals surface area contributed by atoms with Crippen LogP contribution in [-0.2, 0) is 17.8 Å². The molecule has 1 heterocycles. The highest BCUT2D eigenvalue weighted by Gasteiger charge is 2.41. The summed E-state index contributed by atoms with van der Waals surface area (Å²) in [5, 5.41) is 0.200. The molecular formula is C11H13ClF4N2O. The molecule has 0 aromatic carbocycles. The number of nitrogens with zero attached hydrogens (tertiary/aromatic N) is 2. The molecule has 0 aliphatic heterocycles. The molecule has 0 N–H and O–H groups in total.